The Hall–Kier alpha value is -1.95. The molecule has 1 aromatic carbocycles. The predicted octanol–water partition coefficient (Wildman–Crippen LogP) is 4.34. The van der Waals surface area contributed by atoms with Gasteiger partial charge in [0.25, 0.3) is 5.91 Å². The fourth-order valence-electron chi connectivity index (χ4n) is 3.10. The Kier molecular flexibility index (Phi) is 5.68. The summed E-state index contributed by atoms with van der Waals surface area (Å²) >= 11 is 1.42. The maximum absolute atomic E-state index is 12.4. The van der Waals surface area contributed by atoms with Crippen LogP contribution in [0.25, 0.3) is 10.2 Å². The normalized spacial score (nSPS) is 16.6. The highest BCUT2D eigenvalue weighted by Gasteiger charge is 2.22. The average molecular weight is 359 g/mol. The molecule has 0 aliphatic heterocycles. The molecule has 1 saturated carbocycles. The summed E-state index contributed by atoms with van der Waals surface area (Å²) in [7, 11) is 0. The van der Waals surface area contributed by atoms with E-state index in [4.69, 9.17) is 0 Å². The van der Waals surface area contributed by atoms with Crippen molar-refractivity contribution in [3.8, 4) is 0 Å². The number of rotatable bonds is 5. The van der Waals surface area contributed by atoms with E-state index in [1.807, 2.05) is 26.0 Å². The Morgan fingerprint density at radius 2 is 2.04 bits per heavy atom. The van der Waals surface area contributed by atoms with E-state index in [9.17, 15) is 9.59 Å². The zero-order chi connectivity index (χ0) is 17.8. The highest BCUT2D eigenvalue weighted by Crippen LogP contribution is 2.29. The van der Waals surface area contributed by atoms with E-state index in [0.29, 0.717) is 10.7 Å². The van der Waals surface area contributed by atoms with Crippen LogP contribution in [0.15, 0.2) is 18.2 Å². The van der Waals surface area contributed by atoms with Gasteiger partial charge < -0.3 is 10.6 Å². The van der Waals surface area contributed by atoms with Gasteiger partial charge in [0.2, 0.25) is 5.91 Å². The Morgan fingerprint density at radius 1 is 1.28 bits per heavy atom. The third-order valence-corrected chi connectivity index (χ3v) is 5.78. The molecular formula is C19H25N3O2S. The van der Waals surface area contributed by atoms with Crippen LogP contribution in [-0.2, 0) is 4.79 Å². The predicted molar refractivity (Wildman–Crippen MR) is 102 cm³/mol. The molecule has 6 heteroatoms. The summed E-state index contributed by atoms with van der Waals surface area (Å²) in [5.41, 5.74) is 1.44. The quantitative estimate of drug-likeness (QED) is 0.834. The molecule has 2 N–H and O–H groups in total. The number of nitrogens with one attached hydrogen (secondary N) is 2. The van der Waals surface area contributed by atoms with Gasteiger partial charge in [-0.2, -0.15) is 0 Å². The van der Waals surface area contributed by atoms with Crippen LogP contribution in [0.5, 0.6) is 0 Å². The van der Waals surface area contributed by atoms with Crippen molar-refractivity contribution < 1.29 is 9.59 Å². The van der Waals surface area contributed by atoms with Crippen LogP contribution in [0, 0.1) is 5.92 Å². The summed E-state index contributed by atoms with van der Waals surface area (Å²) in [6.45, 7) is 4.03. The third-order valence-electron chi connectivity index (χ3n) is 4.85. The number of anilines is 1. The average Bonchev–Trinajstić information content (AvgIpc) is 3.03. The van der Waals surface area contributed by atoms with E-state index in [2.05, 4.69) is 15.6 Å². The fourth-order valence-corrected chi connectivity index (χ4v) is 4.01. The second kappa shape index (κ2) is 7.95. The lowest BCUT2D eigenvalue weighted by molar-refractivity contribution is -0.120. The highest BCUT2D eigenvalue weighted by molar-refractivity contribution is 7.22. The van der Waals surface area contributed by atoms with Crippen molar-refractivity contribution in [2.24, 2.45) is 5.92 Å². The smallest absolute Gasteiger partial charge is 0.251 e. The first kappa shape index (κ1) is 17.9. The number of amides is 2. The minimum Gasteiger partial charge on any atom is -0.350 e. The van der Waals surface area contributed by atoms with Crippen LogP contribution in [0.2, 0.25) is 0 Å². The van der Waals surface area contributed by atoms with E-state index in [0.717, 1.165) is 42.3 Å². The molecule has 3 rings (SSSR count). The number of hydrogen-bond donors (Lipinski definition) is 2. The zero-order valence-electron chi connectivity index (χ0n) is 14.8. The number of thiazole rings is 1. The Balaban J connectivity index is 1.71. The fraction of sp³-hybridized carbons (Fsp3) is 0.526. The molecule has 0 bridgehead atoms. The van der Waals surface area contributed by atoms with Gasteiger partial charge in [0, 0.05) is 17.5 Å². The largest absolute Gasteiger partial charge is 0.350 e. The molecule has 134 valence electrons. The van der Waals surface area contributed by atoms with Crippen molar-refractivity contribution in [1.82, 2.24) is 10.3 Å². The summed E-state index contributed by atoms with van der Waals surface area (Å²) in [4.78, 5) is 29.1. The van der Waals surface area contributed by atoms with Crippen molar-refractivity contribution in [2.45, 2.75) is 58.4 Å². The first-order chi connectivity index (χ1) is 12.1. The van der Waals surface area contributed by atoms with Crippen molar-refractivity contribution >= 4 is 38.5 Å². The van der Waals surface area contributed by atoms with E-state index in [1.54, 1.807) is 6.07 Å². The number of carbonyl (C=O) groups excluding carboxylic acids is 2. The first-order valence-electron chi connectivity index (χ1n) is 9.09. The molecule has 2 amide bonds. The molecule has 2 aromatic rings. The van der Waals surface area contributed by atoms with Crippen molar-refractivity contribution in [2.75, 3.05) is 5.32 Å². The van der Waals surface area contributed by atoms with Crippen LogP contribution >= 0.6 is 11.3 Å². The van der Waals surface area contributed by atoms with Crippen molar-refractivity contribution in [3.05, 3.63) is 23.8 Å². The third kappa shape index (κ3) is 4.37. The Bertz CT molecular complexity index is 765. The minimum absolute atomic E-state index is 0.0718. The summed E-state index contributed by atoms with van der Waals surface area (Å²) in [5.74, 6) is 0.114. The molecule has 0 saturated heterocycles. The molecule has 1 aromatic heterocycles. The van der Waals surface area contributed by atoms with Gasteiger partial charge in [0.15, 0.2) is 5.13 Å². The molecule has 1 fully saturated rings. The molecule has 1 aliphatic rings. The SMILES string of the molecule is CC[C@H](C)NC(=O)c1ccc2nc(NC(=O)C3CCCCC3)sc2c1. The summed E-state index contributed by atoms with van der Waals surface area (Å²) < 4.78 is 0.913. The van der Waals surface area contributed by atoms with Gasteiger partial charge in [-0.25, -0.2) is 4.98 Å². The van der Waals surface area contributed by atoms with Gasteiger partial charge in [0.1, 0.15) is 0 Å². The molecular weight excluding hydrogens is 334 g/mol. The summed E-state index contributed by atoms with van der Waals surface area (Å²) in [6, 6.07) is 5.62. The number of benzene rings is 1. The summed E-state index contributed by atoms with van der Waals surface area (Å²) in [6.07, 6.45) is 6.32. The van der Waals surface area contributed by atoms with Gasteiger partial charge in [-0.3, -0.25) is 9.59 Å². The lowest BCUT2D eigenvalue weighted by atomic mass is 9.89. The van der Waals surface area contributed by atoms with Crippen LogP contribution < -0.4 is 10.6 Å². The van der Waals surface area contributed by atoms with Crippen LogP contribution in [0.3, 0.4) is 0 Å². The van der Waals surface area contributed by atoms with Crippen molar-refractivity contribution in [1.29, 1.82) is 0 Å². The second-order valence-corrected chi connectivity index (χ2v) is 7.84. The molecule has 5 nitrogen and oxygen atoms in total. The maximum Gasteiger partial charge on any atom is 0.251 e. The van der Waals surface area contributed by atoms with Gasteiger partial charge >= 0.3 is 0 Å². The van der Waals surface area contributed by atoms with Crippen LogP contribution in [-0.4, -0.2) is 22.8 Å². The number of carbonyl (C=O) groups is 2. The van der Waals surface area contributed by atoms with E-state index >= 15 is 0 Å². The number of aromatic nitrogens is 1. The zero-order valence-corrected chi connectivity index (χ0v) is 15.6. The Labute approximate surface area is 152 Å². The van der Waals surface area contributed by atoms with Crippen LogP contribution in [0.4, 0.5) is 5.13 Å². The minimum atomic E-state index is -0.0718. The van der Waals surface area contributed by atoms with E-state index in [-0.39, 0.29) is 23.8 Å². The molecule has 25 heavy (non-hydrogen) atoms. The lowest BCUT2D eigenvalue weighted by Crippen LogP contribution is -2.31. The second-order valence-electron chi connectivity index (χ2n) is 6.81. The van der Waals surface area contributed by atoms with E-state index < -0.39 is 0 Å². The topological polar surface area (TPSA) is 71.1 Å². The van der Waals surface area contributed by atoms with Gasteiger partial charge in [-0.15, -0.1) is 0 Å². The van der Waals surface area contributed by atoms with Crippen molar-refractivity contribution in [3.63, 3.8) is 0 Å². The van der Waals surface area contributed by atoms with Gasteiger partial charge in [-0.1, -0.05) is 37.5 Å². The monoisotopic (exact) mass is 359 g/mol. The molecule has 1 heterocycles. The molecule has 0 spiro atoms. The molecule has 1 aliphatic carbocycles. The molecule has 0 radical (unpaired) electrons. The van der Waals surface area contributed by atoms with Gasteiger partial charge in [0.05, 0.1) is 10.2 Å². The maximum atomic E-state index is 12.4. The standard InChI is InChI=1S/C19H25N3O2S/c1-3-12(2)20-18(24)14-9-10-15-16(11-14)25-19(21-15)22-17(23)13-7-5-4-6-8-13/h9-13H,3-8H2,1-2H3,(H,20,24)(H,21,22,23)/t12-/m0/s1. The highest BCUT2D eigenvalue weighted by atomic mass is 32.1. The molecule has 0 unspecified atom stereocenters. The van der Waals surface area contributed by atoms with E-state index in [1.165, 1.54) is 17.8 Å². The Morgan fingerprint density at radius 3 is 2.76 bits per heavy atom. The lowest BCUT2D eigenvalue weighted by Gasteiger charge is -2.19. The number of hydrogen-bond acceptors (Lipinski definition) is 4. The first-order valence-corrected chi connectivity index (χ1v) is 9.90. The number of nitrogens with zero attached hydrogens (tertiary/aromatic N) is 1. The molecule has 1 atom stereocenters. The number of fused-ring (bicyclic) bond motifs is 1. The van der Waals surface area contributed by atoms with Crippen LogP contribution in [0.1, 0.15) is 62.7 Å². The summed E-state index contributed by atoms with van der Waals surface area (Å²) in [5, 5.41) is 6.54. The van der Waals surface area contributed by atoms with Gasteiger partial charge in [-0.05, 0) is 44.4 Å².